The molecule has 0 saturated heterocycles. The maximum atomic E-state index is 12.5. The first-order chi connectivity index (χ1) is 14.6. The number of benzene rings is 2. The van der Waals surface area contributed by atoms with Gasteiger partial charge in [-0.2, -0.15) is 0 Å². The third-order valence-corrected chi connectivity index (χ3v) is 6.68. The van der Waals surface area contributed by atoms with Gasteiger partial charge in [0.1, 0.15) is 0 Å². The highest BCUT2D eigenvalue weighted by molar-refractivity contribution is 7.89. The van der Waals surface area contributed by atoms with E-state index in [2.05, 4.69) is 15.0 Å². The number of hydrogen-bond donors (Lipinski definition) is 2. The molecule has 0 saturated carbocycles. The van der Waals surface area contributed by atoms with Crippen molar-refractivity contribution < 1.29 is 18.1 Å². The number of carbonyl (C=O) groups is 1. The summed E-state index contributed by atoms with van der Waals surface area (Å²) in [4.78, 5) is 27.6. The van der Waals surface area contributed by atoms with Crippen molar-refractivity contribution in [2.75, 3.05) is 5.32 Å². The minimum absolute atomic E-state index is 0.00177. The molecule has 2 N–H and O–H groups in total. The van der Waals surface area contributed by atoms with Crippen LogP contribution in [0.25, 0.3) is 11.3 Å². The highest BCUT2D eigenvalue weighted by Crippen LogP contribution is 2.29. The lowest BCUT2D eigenvalue weighted by Crippen LogP contribution is -2.30. The number of aryl methyl sites for hydroxylation is 1. The number of hydrogen-bond acceptors (Lipinski definition) is 7. The van der Waals surface area contributed by atoms with Crippen molar-refractivity contribution in [3.63, 3.8) is 0 Å². The fourth-order valence-electron chi connectivity index (χ4n) is 2.76. The third-order valence-electron chi connectivity index (χ3n) is 4.24. The van der Waals surface area contributed by atoms with Crippen LogP contribution in [0.2, 0.25) is 0 Å². The molecule has 162 valence electrons. The molecule has 2 aromatic carbocycles. The van der Waals surface area contributed by atoms with Gasteiger partial charge in [0, 0.05) is 34.2 Å². The molecule has 3 aromatic rings. The number of nitrogens with one attached hydrogen (secondary N) is 2. The zero-order valence-corrected chi connectivity index (χ0v) is 18.6. The van der Waals surface area contributed by atoms with Crippen LogP contribution in [0.5, 0.6) is 0 Å². The Morgan fingerprint density at radius 1 is 1.16 bits per heavy atom. The lowest BCUT2D eigenvalue weighted by molar-refractivity contribution is -0.385. The summed E-state index contributed by atoms with van der Waals surface area (Å²) in [6.45, 7) is 5.09. The molecule has 0 unspecified atom stereocenters. The first-order valence-corrected chi connectivity index (χ1v) is 11.6. The van der Waals surface area contributed by atoms with Gasteiger partial charge in [-0.05, 0) is 45.0 Å². The minimum atomic E-state index is -3.64. The smallest absolute Gasteiger partial charge is 0.272 e. The fraction of sp³-hybridized carbons (Fsp3) is 0.200. The summed E-state index contributed by atoms with van der Waals surface area (Å²) >= 11 is 1.18. The van der Waals surface area contributed by atoms with Crippen molar-refractivity contribution in [1.82, 2.24) is 9.71 Å². The van der Waals surface area contributed by atoms with E-state index in [1.165, 1.54) is 41.7 Å². The zero-order valence-electron chi connectivity index (χ0n) is 16.9. The van der Waals surface area contributed by atoms with E-state index in [0.717, 1.165) is 0 Å². The van der Waals surface area contributed by atoms with Crippen molar-refractivity contribution >= 4 is 38.1 Å². The average molecular weight is 461 g/mol. The molecular weight excluding hydrogens is 440 g/mol. The summed E-state index contributed by atoms with van der Waals surface area (Å²) in [6.07, 6.45) is 0. The Morgan fingerprint density at radius 2 is 1.84 bits per heavy atom. The Labute approximate surface area is 183 Å². The Morgan fingerprint density at radius 3 is 2.45 bits per heavy atom. The number of anilines is 1. The van der Waals surface area contributed by atoms with E-state index in [9.17, 15) is 23.3 Å². The van der Waals surface area contributed by atoms with Gasteiger partial charge >= 0.3 is 0 Å². The molecule has 0 radical (unpaired) electrons. The van der Waals surface area contributed by atoms with Gasteiger partial charge in [-0.3, -0.25) is 20.2 Å². The molecule has 0 atom stereocenters. The first kappa shape index (κ1) is 22.5. The largest absolute Gasteiger partial charge is 0.298 e. The van der Waals surface area contributed by atoms with Crippen LogP contribution in [0.4, 0.5) is 10.8 Å². The van der Waals surface area contributed by atoms with Crippen molar-refractivity contribution in [1.29, 1.82) is 0 Å². The van der Waals surface area contributed by atoms with Crippen LogP contribution in [0.1, 0.15) is 29.8 Å². The molecule has 0 spiro atoms. The van der Waals surface area contributed by atoms with Crippen LogP contribution in [-0.2, 0) is 10.0 Å². The minimum Gasteiger partial charge on any atom is -0.298 e. The lowest BCUT2D eigenvalue weighted by Gasteiger charge is -2.10. The van der Waals surface area contributed by atoms with Gasteiger partial charge in [-0.25, -0.2) is 18.1 Å². The number of nitro benzene ring substituents is 1. The van der Waals surface area contributed by atoms with Gasteiger partial charge in [-0.1, -0.05) is 12.1 Å². The van der Waals surface area contributed by atoms with Gasteiger partial charge in [0.2, 0.25) is 10.0 Å². The van der Waals surface area contributed by atoms with E-state index in [1.807, 2.05) is 0 Å². The van der Waals surface area contributed by atoms with Crippen LogP contribution in [-0.4, -0.2) is 30.3 Å². The second-order valence-electron chi connectivity index (χ2n) is 7.05. The standard InChI is InChI=1S/C20H20N4O5S2/c1-12(2)23-31(28,29)16-8-6-14(7-9-16)19(25)22-20-21-17(11-30-20)15-5-4-13(3)18(10-15)24(26)27/h4-12,23H,1-3H3,(H,21,22,25). The number of sulfonamides is 1. The summed E-state index contributed by atoms with van der Waals surface area (Å²) in [5, 5.41) is 15.8. The highest BCUT2D eigenvalue weighted by atomic mass is 32.2. The number of aromatic nitrogens is 1. The van der Waals surface area contributed by atoms with E-state index >= 15 is 0 Å². The Balaban J connectivity index is 1.75. The predicted molar refractivity (Wildman–Crippen MR) is 119 cm³/mol. The Hall–Kier alpha value is -3.15. The summed E-state index contributed by atoms with van der Waals surface area (Å²) in [5.74, 6) is -0.448. The maximum absolute atomic E-state index is 12.5. The molecule has 11 heteroatoms. The lowest BCUT2D eigenvalue weighted by atomic mass is 10.1. The zero-order chi connectivity index (χ0) is 22.8. The van der Waals surface area contributed by atoms with Crippen molar-refractivity contribution in [2.24, 2.45) is 0 Å². The van der Waals surface area contributed by atoms with Crippen LogP contribution in [0.15, 0.2) is 52.7 Å². The normalized spacial score (nSPS) is 11.5. The van der Waals surface area contributed by atoms with E-state index in [-0.39, 0.29) is 22.2 Å². The fourth-order valence-corrected chi connectivity index (χ4v) is 4.73. The highest BCUT2D eigenvalue weighted by Gasteiger charge is 2.17. The number of amides is 1. The maximum Gasteiger partial charge on any atom is 0.272 e. The van der Waals surface area contributed by atoms with E-state index in [0.29, 0.717) is 22.0 Å². The number of nitrogens with zero attached hydrogens (tertiary/aromatic N) is 2. The summed E-state index contributed by atoms with van der Waals surface area (Å²) in [6, 6.07) is 10.1. The summed E-state index contributed by atoms with van der Waals surface area (Å²) in [7, 11) is -3.64. The molecule has 9 nitrogen and oxygen atoms in total. The Kier molecular flexibility index (Phi) is 6.48. The van der Waals surface area contributed by atoms with Gasteiger partial charge in [0.05, 0.1) is 15.5 Å². The van der Waals surface area contributed by atoms with E-state index in [4.69, 9.17) is 0 Å². The third kappa shape index (κ3) is 5.32. The quantitative estimate of drug-likeness (QED) is 0.405. The molecular formula is C20H20N4O5S2. The number of thiazole rings is 1. The molecule has 1 heterocycles. The molecule has 0 aliphatic carbocycles. The molecule has 0 aliphatic rings. The SMILES string of the molecule is Cc1ccc(-c2csc(NC(=O)c3ccc(S(=O)(=O)NC(C)C)cc3)n2)cc1[N+](=O)[O-]. The van der Waals surface area contributed by atoms with E-state index in [1.54, 1.807) is 38.3 Å². The van der Waals surface area contributed by atoms with Crippen LogP contribution < -0.4 is 10.0 Å². The van der Waals surface area contributed by atoms with Crippen LogP contribution in [0.3, 0.4) is 0 Å². The first-order valence-electron chi connectivity index (χ1n) is 9.21. The average Bonchev–Trinajstić information content (AvgIpc) is 3.15. The molecule has 31 heavy (non-hydrogen) atoms. The molecule has 1 aromatic heterocycles. The topological polar surface area (TPSA) is 131 Å². The Bertz CT molecular complexity index is 1230. The molecule has 3 rings (SSSR count). The van der Waals surface area contributed by atoms with Crippen molar-refractivity contribution in [3.05, 3.63) is 69.1 Å². The van der Waals surface area contributed by atoms with Gasteiger partial charge in [-0.15, -0.1) is 11.3 Å². The van der Waals surface area contributed by atoms with Crippen LogP contribution >= 0.6 is 11.3 Å². The monoisotopic (exact) mass is 460 g/mol. The van der Waals surface area contributed by atoms with Gasteiger partial charge < -0.3 is 0 Å². The van der Waals surface area contributed by atoms with Crippen LogP contribution in [0, 0.1) is 17.0 Å². The number of nitro groups is 1. The van der Waals surface area contributed by atoms with Gasteiger partial charge in [0.15, 0.2) is 5.13 Å². The summed E-state index contributed by atoms with van der Waals surface area (Å²) < 4.78 is 26.8. The van der Waals surface area contributed by atoms with E-state index < -0.39 is 20.9 Å². The van der Waals surface area contributed by atoms with Crippen molar-refractivity contribution in [2.45, 2.75) is 31.7 Å². The molecule has 0 aliphatic heterocycles. The van der Waals surface area contributed by atoms with Gasteiger partial charge in [0.25, 0.3) is 11.6 Å². The second-order valence-corrected chi connectivity index (χ2v) is 9.62. The molecule has 0 fully saturated rings. The summed E-state index contributed by atoms with van der Waals surface area (Å²) in [5.41, 5.74) is 1.89. The number of rotatable bonds is 7. The second kappa shape index (κ2) is 8.92. The number of carbonyl (C=O) groups excluding carboxylic acids is 1. The molecule has 0 bridgehead atoms. The predicted octanol–water partition coefficient (Wildman–Crippen LogP) is 3.97. The van der Waals surface area contributed by atoms with Crippen molar-refractivity contribution in [3.8, 4) is 11.3 Å². The molecule has 1 amide bonds.